The van der Waals surface area contributed by atoms with Gasteiger partial charge in [-0.15, -0.1) is 0 Å². The predicted octanol–water partition coefficient (Wildman–Crippen LogP) is 1.55. The van der Waals surface area contributed by atoms with Crippen molar-refractivity contribution in [2.24, 2.45) is 5.73 Å². The Hall–Kier alpha value is -2.08. The van der Waals surface area contributed by atoms with Crippen LogP contribution in [0.1, 0.15) is 36.0 Å². The first kappa shape index (κ1) is 15.0. The Morgan fingerprint density at radius 1 is 1.21 bits per heavy atom. The Balaban J connectivity index is 2.51. The molecule has 0 heterocycles. The summed E-state index contributed by atoms with van der Waals surface area (Å²) in [6.07, 6.45) is 2.91. The minimum Gasteiger partial charge on any atom is -0.507 e. The van der Waals surface area contributed by atoms with Gasteiger partial charge in [0.1, 0.15) is 11.3 Å². The van der Waals surface area contributed by atoms with Gasteiger partial charge in [-0.1, -0.05) is 6.42 Å². The van der Waals surface area contributed by atoms with Gasteiger partial charge in [-0.05, 0) is 31.5 Å². The molecule has 1 aromatic carbocycles. The van der Waals surface area contributed by atoms with Crippen molar-refractivity contribution in [1.29, 1.82) is 0 Å². The first-order valence-corrected chi connectivity index (χ1v) is 6.11. The smallest absolute Gasteiger partial charge is 0.339 e. The average molecular weight is 266 g/mol. The van der Waals surface area contributed by atoms with Crippen molar-refractivity contribution >= 4 is 17.6 Å². The highest BCUT2D eigenvalue weighted by Crippen LogP contribution is 2.22. The standard InChI is InChI=1S/C13H18N2O4/c14-7-3-1-2-4-12(17)15-9-5-6-10(13(18)19)11(16)8-9/h5-6,8,16H,1-4,7,14H2,(H,15,17)(H,18,19). The van der Waals surface area contributed by atoms with E-state index in [4.69, 9.17) is 10.8 Å². The van der Waals surface area contributed by atoms with Crippen molar-refractivity contribution in [2.45, 2.75) is 25.7 Å². The second-order valence-corrected chi connectivity index (χ2v) is 4.18. The van der Waals surface area contributed by atoms with Crippen molar-refractivity contribution in [3.05, 3.63) is 23.8 Å². The molecule has 0 bridgehead atoms. The molecule has 0 saturated heterocycles. The van der Waals surface area contributed by atoms with Crippen molar-refractivity contribution in [3.63, 3.8) is 0 Å². The fourth-order valence-corrected chi connectivity index (χ4v) is 1.62. The number of carbonyl (C=O) groups excluding carboxylic acids is 1. The molecule has 6 heteroatoms. The highest BCUT2D eigenvalue weighted by molar-refractivity contribution is 5.94. The van der Waals surface area contributed by atoms with Crippen molar-refractivity contribution in [2.75, 3.05) is 11.9 Å². The maximum atomic E-state index is 11.6. The number of hydrogen-bond acceptors (Lipinski definition) is 4. The fourth-order valence-electron chi connectivity index (χ4n) is 1.62. The van der Waals surface area contributed by atoms with Crippen LogP contribution in [-0.4, -0.2) is 28.6 Å². The Kier molecular flexibility index (Phi) is 5.81. The van der Waals surface area contributed by atoms with E-state index in [9.17, 15) is 14.7 Å². The molecule has 1 aromatic rings. The van der Waals surface area contributed by atoms with E-state index >= 15 is 0 Å². The van der Waals surface area contributed by atoms with E-state index in [2.05, 4.69) is 5.32 Å². The zero-order valence-electron chi connectivity index (χ0n) is 10.6. The molecule has 0 aliphatic heterocycles. The Morgan fingerprint density at radius 3 is 2.53 bits per heavy atom. The fraction of sp³-hybridized carbons (Fsp3) is 0.385. The molecule has 0 atom stereocenters. The number of amides is 1. The second kappa shape index (κ2) is 7.38. The summed E-state index contributed by atoms with van der Waals surface area (Å²) in [6, 6.07) is 3.92. The van der Waals surface area contributed by atoms with Crippen LogP contribution in [0.2, 0.25) is 0 Å². The lowest BCUT2D eigenvalue weighted by Gasteiger charge is -2.07. The lowest BCUT2D eigenvalue weighted by atomic mass is 10.1. The van der Waals surface area contributed by atoms with E-state index in [0.717, 1.165) is 19.3 Å². The molecular formula is C13H18N2O4. The van der Waals surface area contributed by atoms with Crippen molar-refractivity contribution in [3.8, 4) is 5.75 Å². The molecule has 0 radical (unpaired) electrons. The first-order valence-electron chi connectivity index (χ1n) is 6.11. The average Bonchev–Trinajstić information content (AvgIpc) is 2.34. The third-order valence-corrected chi connectivity index (χ3v) is 2.62. The number of phenols is 1. The Bertz CT molecular complexity index is 460. The van der Waals surface area contributed by atoms with Crippen LogP contribution in [0.4, 0.5) is 5.69 Å². The summed E-state index contributed by atoms with van der Waals surface area (Å²) in [5, 5.41) is 20.8. The van der Waals surface area contributed by atoms with Crippen molar-refractivity contribution < 1.29 is 19.8 Å². The topological polar surface area (TPSA) is 113 Å². The quantitative estimate of drug-likeness (QED) is 0.559. The molecular weight excluding hydrogens is 248 g/mol. The molecule has 0 fully saturated rings. The molecule has 6 nitrogen and oxygen atoms in total. The molecule has 0 unspecified atom stereocenters. The number of nitrogens with one attached hydrogen (secondary N) is 1. The van der Waals surface area contributed by atoms with Crippen LogP contribution < -0.4 is 11.1 Å². The number of rotatable bonds is 7. The molecule has 5 N–H and O–H groups in total. The number of nitrogens with two attached hydrogens (primary N) is 1. The van der Waals surface area contributed by atoms with Gasteiger partial charge < -0.3 is 21.3 Å². The zero-order valence-corrected chi connectivity index (χ0v) is 10.6. The number of carbonyl (C=O) groups is 2. The molecule has 0 aromatic heterocycles. The second-order valence-electron chi connectivity index (χ2n) is 4.18. The molecule has 0 saturated carbocycles. The molecule has 0 aliphatic carbocycles. The maximum Gasteiger partial charge on any atom is 0.339 e. The van der Waals surface area contributed by atoms with Gasteiger partial charge in [0.05, 0.1) is 0 Å². The van der Waals surface area contributed by atoms with E-state index in [-0.39, 0.29) is 17.2 Å². The predicted molar refractivity (Wildman–Crippen MR) is 71.2 cm³/mol. The SMILES string of the molecule is NCCCCCC(=O)Nc1ccc(C(=O)O)c(O)c1. The van der Waals surface area contributed by atoms with E-state index in [1.165, 1.54) is 18.2 Å². The van der Waals surface area contributed by atoms with Gasteiger partial charge in [0.15, 0.2) is 0 Å². The summed E-state index contributed by atoms with van der Waals surface area (Å²) in [4.78, 5) is 22.3. The normalized spacial score (nSPS) is 10.2. The van der Waals surface area contributed by atoms with E-state index in [1.807, 2.05) is 0 Å². The number of anilines is 1. The third-order valence-electron chi connectivity index (χ3n) is 2.62. The zero-order chi connectivity index (χ0) is 14.3. The summed E-state index contributed by atoms with van der Waals surface area (Å²) >= 11 is 0. The highest BCUT2D eigenvalue weighted by atomic mass is 16.4. The number of carboxylic acids is 1. The number of hydrogen-bond donors (Lipinski definition) is 4. The van der Waals surface area contributed by atoms with Gasteiger partial charge >= 0.3 is 5.97 Å². The van der Waals surface area contributed by atoms with Gasteiger partial charge in [-0.3, -0.25) is 4.79 Å². The van der Waals surface area contributed by atoms with Gasteiger partial charge in [0, 0.05) is 18.2 Å². The Labute approximate surface area is 111 Å². The molecule has 1 amide bonds. The maximum absolute atomic E-state index is 11.6. The summed E-state index contributed by atoms with van der Waals surface area (Å²) in [5.41, 5.74) is 5.54. The van der Waals surface area contributed by atoms with Gasteiger partial charge in [-0.25, -0.2) is 4.79 Å². The largest absolute Gasteiger partial charge is 0.507 e. The van der Waals surface area contributed by atoms with Crippen molar-refractivity contribution in [1.82, 2.24) is 0 Å². The summed E-state index contributed by atoms with van der Waals surface area (Å²) in [6.45, 7) is 0.617. The number of benzene rings is 1. The van der Waals surface area contributed by atoms with E-state index in [0.29, 0.717) is 18.7 Å². The van der Waals surface area contributed by atoms with E-state index < -0.39 is 5.97 Å². The van der Waals surface area contributed by atoms with Gasteiger partial charge in [0.2, 0.25) is 5.91 Å². The highest BCUT2D eigenvalue weighted by Gasteiger charge is 2.10. The van der Waals surface area contributed by atoms with Crippen LogP contribution in [0.15, 0.2) is 18.2 Å². The molecule has 0 aliphatic rings. The number of aromatic carboxylic acids is 1. The molecule has 19 heavy (non-hydrogen) atoms. The van der Waals surface area contributed by atoms with Gasteiger partial charge in [0.25, 0.3) is 0 Å². The number of aromatic hydroxyl groups is 1. The molecule has 104 valence electrons. The van der Waals surface area contributed by atoms with Crippen LogP contribution >= 0.6 is 0 Å². The minimum atomic E-state index is -1.21. The van der Waals surface area contributed by atoms with Crippen LogP contribution in [0.5, 0.6) is 5.75 Å². The monoisotopic (exact) mass is 266 g/mol. The van der Waals surface area contributed by atoms with E-state index in [1.54, 1.807) is 0 Å². The summed E-state index contributed by atoms with van der Waals surface area (Å²) in [5.74, 6) is -1.75. The molecule has 1 rings (SSSR count). The Morgan fingerprint density at radius 2 is 1.95 bits per heavy atom. The van der Waals surface area contributed by atoms with Gasteiger partial charge in [-0.2, -0.15) is 0 Å². The van der Waals surface area contributed by atoms with Crippen LogP contribution in [0, 0.1) is 0 Å². The summed E-state index contributed by atoms with van der Waals surface area (Å²) < 4.78 is 0. The molecule has 0 spiro atoms. The van der Waals surface area contributed by atoms with Crippen LogP contribution in [0.25, 0.3) is 0 Å². The lowest BCUT2D eigenvalue weighted by Crippen LogP contribution is -2.11. The van der Waals surface area contributed by atoms with Crippen LogP contribution in [0.3, 0.4) is 0 Å². The number of unbranched alkanes of at least 4 members (excludes halogenated alkanes) is 2. The first-order chi connectivity index (χ1) is 9.04. The lowest BCUT2D eigenvalue weighted by molar-refractivity contribution is -0.116. The third kappa shape index (κ3) is 4.97. The van der Waals surface area contributed by atoms with Crippen LogP contribution in [-0.2, 0) is 4.79 Å². The minimum absolute atomic E-state index is 0.167. The summed E-state index contributed by atoms with van der Waals surface area (Å²) in [7, 11) is 0. The number of carboxylic acid groups (broad SMARTS) is 1.